The molecule has 0 aromatic heterocycles. The fourth-order valence-electron chi connectivity index (χ4n) is 1.67. The third-order valence-electron chi connectivity index (χ3n) is 2.51. The van der Waals surface area contributed by atoms with Gasteiger partial charge in [-0.3, -0.25) is 0 Å². The molecule has 0 spiro atoms. The average molecular weight is 232 g/mol. The molecule has 1 aromatic rings. The van der Waals surface area contributed by atoms with Crippen molar-refractivity contribution in [3.63, 3.8) is 0 Å². The summed E-state index contributed by atoms with van der Waals surface area (Å²) in [5, 5.41) is 0. The summed E-state index contributed by atoms with van der Waals surface area (Å²) in [6, 6.07) is 6.96. The third kappa shape index (κ3) is 1.93. The first kappa shape index (κ1) is 11.4. The van der Waals surface area contributed by atoms with Crippen LogP contribution < -0.4 is 0 Å². The molecule has 0 fully saturated rings. The van der Waals surface area contributed by atoms with E-state index in [0.717, 1.165) is 0 Å². The highest BCUT2D eigenvalue weighted by Crippen LogP contribution is 2.31. The van der Waals surface area contributed by atoms with Crippen molar-refractivity contribution in [2.45, 2.75) is 13.8 Å². The van der Waals surface area contributed by atoms with Gasteiger partial charge in [-0.1, -0.05) is 18.2 Å². The Morgan fingerprint density at radius 3 is 2.59 bits per heavy atom. The number of fused-ring (bicyclic) bond motifs is 1. The Bertz CT molecular complexity index is 514. The third-order valence-corrected chi connectivity index (χ3v) is 2.51. The zero-order valence-electron chi connectivity index (χ0n) is 9.65. The van der Waals surface area contributed by atoms with Crippen LogP contribution in [-0.4, -0.2) is 18.5 Å². The summed E-state index contributed by atoms with van der Waals surface area (Å²) in [7, 11) is 0. The van der Waals surface area contributed by atoms with Gasteiger partial charge in [-0.05, 0) is 19.9 Å². The van der Waals surface area contributed by atoms with E-state index in [-0.39, 0.29) is 0 Å². The molecule has 0 aliphatic carbocycles. The first-order valence-electron chi connectivity index (χ1n) is 5.34. The van der Waals surface area contributed by atoms with Crippen molar-refractivity contribution in [3.8, 4) is 0 Å². The van der Waals surface area contributed by atoms with Crippen molar-refractivity contribution in [3.05, 3.63) is 41.0 Å². The average Bonchev–Trinajstić information content (AvgIpc) is 2.67. The van der Waals surface area contributed by atoms with E-state index >= 15 is 0 Å². The second kappa shape index (κ2) is 4.41. The van der Waals surface area contributed by atoms with Crippen LogP contribution in [0.25, 0.3) is 5.76 Å². The molecule has 0 saturated carbocycles. The molecule has 1 aliphatic rings. The van der Waals surface area contributed by atoms with Gasteiger partial charge in [-0.2, -0.15) is 0 Å². The lowest BCUT2D eigenvalue weighted by Gasteiger charge is -2.05. The molecule has 0 amide bonds. The summed E-state index contributed by atoms with van der Waals surface area (Å²) in [6.07, 6.45) is 0. The van der Waals surface area contributed by atoms with Gasteiger partial charge in [0.05, 0.1) is 17.7 Å². The summed E-state index contributed by atoms with van der Waals surface area (Å²) < 4.78 is 9.98. The van der Waals surface area contributed by atoms with Crippen molar-refractivity contribution in [1.29, 1.82) is 0 Å². The predicted octanol–water partition coefficient (Wildman–Crippen LogP) is 2.15. The fraction of sp³-hybridized carbons (Fsp3) is 0.231. The Labute approximate surface area is 98.8 Å². The van der Waals surface area contributed by atoms with Crippen molar-refractivity contribution < 1.29 is 19.1 Å². The minimum atomic E-state index is -0.466. The van der Waals surface area contributed by atoms with Crippen LogP contribution in [-0.2, 0) is 14.3 Å². The highest BCUT2D eigenvalue weighted by molar-refractivity contribution is 6.07. The van der Waals surface area contributed by atoms with Crippen LogP contribution in [0.15, 0.2) is 29.8 Å². The molecule has 0 radical (unpaired) electrons. The zero-order valence-corrected chi connectivity index (χ0v) is 9.65. The van der Waals surface area contributed by atoms with Crippen molar-refractivity contribution in [2.75, 3.05) is 6.61 Å². The van der Waals surface area contributed by atoms with Crippen LogP contribution in [0.1, 0.15) is 29.8 Å². The lowest BCUT2D eigenvalue weighted by atomic mass is 10.1. The number of carbonyl (C=O) groups is 2. The second-order valence-corrected chi connectivity index (χ2v) is 3.61. The molecule has 0 N–H and O–H groups in total. The Morgan fingerprint density at radius 1 is 1.29 bits per heavy atom. The maximum absolute atomic E-state index is 11.6. The number of hydrogen-bond donors (Lipinski definition) is 0. The lowest BCUT2D eigenvalue weighted by Crippen LogP contribution is -2.07. The summed E-state index contributed by atoms with van der Waals surface area (Å²) in [4.78, 5) is 23.1. The van der Waals surface area contributed by atoms with Crippen LogP contribution in [0.4, 0.5) is 0 Å². The maximum atomic E-state index is 11.6. The molecule has 1 heterocycles. The minimum absolute atomic E-state index is 0.291. The van der Waals surface area contributed by atoms with Crippen LogP contribution in [0, 0.1) is 0 Å². The van der Waals surface area contributed by atoms with Crippen molar-refractivity contribution in [2.24, 2.45) is 0 Å². The molecule has 0 atom stereocenters. The van der Waals surface area contributed by atoms with Crippen molar-refractivity contribution >= 4 is 17.7 Å². The highest BCUT2D eigenvalue weighted by atomic mass is 16.6. The van der Waals surface area contributed by atoms with Gasteiger partial charge in [-0.25, -0.2) is 9.59 Å². The van der Waals surface area contributed by atoms with Crippen LogP contribution in [0.2, 0.25) is 0 Å². The molecule has 4 nitrogen and oxygen atoms in total. The Hall–Kier alpha value is -2.10. The van der Waals surface area contributed by atoms with Crippen LogP contribution in [0.5, 0.6) is 0 Å². The molecular formula is C13H12O4. The van der Waals surface area contributed by atoms with Gasteiger partial charge in [0.2, 0.25) is 0 Å². The molecule has 4 heteroatoms. The first-order chi connectivity index (χ1) is 8.15. The molecule has 0 saturated heterocycles. The topological polar surface area (TPSA) is 52.6 Å². The van der Waals surface area contributed by atoms with Crippen LogP contribution >= 0.6 is 0 Å². The second-order valence-electron chi connectivity index (χ2n) is 3.61. The standard InChI is InChI=1S/C13H12O4/c1-3-16-12(14)8(2)11-9-6-4-5-7-10(9)13(15)17-11/h4-7H,3H2,1-2H3/b11-8+. The SMILES string of the molecule is CCOC(=O)/C(C)=C1/OC(=O)c2ccccc21. The quantitative estimate of drug-likeness (QED) is 0.579. The summed E-state index contributed by atoms with van der Waals surface area (Å²) in [5.74, 6) is -0.602. The highest BCUT2D eigenvalue weighted by Gasteiger charge is 2.29. The normalized spacial score (nSPS) is 16.2. The van der Waals surface area contributed by atoms with E-state index in [1.807, 2.05) is 0 Å². The smallest absolute Gasteiger partial charge is 0.344 e. The number of hydrogen-bond acceptors (Lipinski definition) is 4. The molecule has 1 aliphatic heterocycles. The number of ether oxygens (including phenoxy) is 2. The molecule has 0 unspecified atom stereocenters. The lowest BCUT2D eigenvalue weighted by molar-refractivity contribution is -0.138. The van der Waals surface area contributed by atoms with E-state index in [1.54, 1.807) is 38.1 Å². The molecule has 2 rings (SSSR count). The number of cyclic esters (lactones) is 1. The molecule has 17 heavy (non-hydrogen) atoms. The van der Waals surface area contributed by atoms with E-state index in [0.29, 0.717) is 29.1 Å². The zero-order chi connectivity index (χ0) is 12.4. The van der Waals surface area contributed by atoms with E-state index < -0.39 is 11.9 Å². The fourth-order valence-corrected chi connectivity index (χ4v) is 1.67. The monoisotopic (exact) mass is 232 g/mol. The van der Waals surface area contributed by atoms with E-state index in [4.69, 9.17) is 9.47 Å². The predicted molar refractivity (Wildman–Crippen MR) is 61.1 cm³/mol. The molecule has 0 bridgehead atoms. The van der Waals surface area contributed by atoms with E-state index in [2.05, 4.69) is 0 Å². The molecular weight excluding hydrogens is 220 g/mol. The van der Waals surface area contributed by atoms with Gasteiger partial charge < -0.3 is 9.47 Å². The Morgan fingerprint density at radius 2 is 1.94 bits per heavy atom. The van der Waals surface area contributed by atoms with Gasteiger partial charge in [0.1, 0.15) is 5.76 Å². The van der Waals surface area contributed by atoms with Gasteiger partial charge in [-0.15, -0.1) is 0 Å². The van der Waals surface area contributed by atoms with Crippen LogP contribution in [0.3, 0.4) is 0 Å². The van der Waals surface area contributed by atoms with Gasteiger partial charge >= 0.3 is 11.9 Å². The summed E-state index contributed by atoms with van der Waals surface area (Å²) in [5.41, 5.74) is 1.43. The molecule has 88 valence electrons. The number of rotatable bonds is 2. The van der Waals surface area contributed by atoms with Gasteiger partial charge in [0.15, 0.2) is 0 Å². The Kier molecular flexibility index (Phi) is 2.95. The largest absolute Gasteiger partial charge is 0.463 e. The van der Waals surface area contributed by atoms with E-state index in [1.165, 1.54) is 0 Å². The van der Waals surface area contributed by atoms with E-state index in [9.17, 15) is 9.59 Å². The minimum Gasteiger partial charge on any atom is -0.463 e. The molecule has 1 aromatic carbocycles. The number of carbonyl (C=O) groups excluding carboxylic acids is 2. The Balaban J connectivity index is 2.46. The maximum Gasteiger partial charge on any atom is 0.344 e. The number of benzene rings is 1. The van der Waals surface area contributed by atoms with Gasteiger partial charge in [0, 0.05) is 5.56 Å². The van der Waals surface area contributed by atoms with Gasteiger partial charge in [0.25, 0.3) is 0 Å². The first-order valence-corrected chi connectivity index (χ1v) is 5.34. The summed E-state index contributed by atoms with van der Waals surface area (Å²) >= 11 is 0. The van der Waals surface area contributed by atoms with Crippen molar-refractivity contribution in [1.82, 2.24) is 0 Å². The summed E-state index contributed by atoms with van der Waals surface area (Å²) in [6.45, 7) is 3.60. The number of esters is 2.